The van der Waals surface area contributed by atoms with Gasteiger partial charge < -0.3 is 25.0 Å². The minimum absolute atomic E-state index is 0.0451. The molecule has 0 saturated heterocycles. The van der Waals surface area contributed by atoms with Crippen molar-refractivity contribution < 1.29 is 19.1 Å². The second-order valence-corrected chi connectivity index (χ2v) is 9.70. The van der Waals surface area contributed by atoms with Crippen LogP contribution in [0.5, 0.6) is 0 Å². The largest absolute Gasteiger partial charge is 0.453 e. The molecule has 0 bridgehead atoms. The lowest BCUT2D eigenvalue weighted by molar-refractivity contribution is 0.0534. The summed E-state index contributed by atoms with van der Waals surface area (Å²) in [5.41, 5.74) is 2.37. The molecule has 1 saturated carbocycles. The maximum Gasteiger partial charge on any atom is 0.406 e. The van der Waals surface area contributed by atoms with E-state index in [4.69, 9.17) is 16.3 Å². The van der Waals surface area contributed by atoms with Crippen molar-refractivity contribution in [3.8, 4) is 0 Å². The number of halogens is 1. The summed E-state index contributed by atoms with van der Waals surface area (Å²) >= 11 is 6.28. The van der Waals surface area contributed by atoms with E-state index in [1.807, 2.05) is 55.6 Å². The molecular weight excluding hydrogens is 478 g/mol. The zero-order valence-corrected chi connectivity index (χ0v) is 22.2. The predicted molar refractivity (Wildman–Crippen MR) is 143 cm³/mol. The van der Waals surface area contributed by atoms with Gasteiger partial charge in [0.15, 0.2) is 0 Å². The molecule has 36 heavy (non-hydrogen) atoms. The standard InChI is InChI=1S/C28H38ClN3O4/c1-20(19-30-2)32(25-13-5-4-6-14-25)27(33)23-11-7-9-21(17-23)26(22-10-8-12-24(29)18-22)36-16-15-31-28(34)35-3/h7-12,17-18,20,25-26,30H,4-6,13-16,19H2,1-3H3,(H,31,34)/t20-,26-/m0/s1. The number of ether oxygens (including phenoxy) is 2. The average Bonchev–Trinajstić information content (AvgIpc) is 2.89. The van der Waals surface area contributed by atoms with E-state index in [1.54, 1.807) is 0 Å². The second-order valence-electron chi connectivity index (χ2n) is 9.26. The van der Waals surface area contributed by atoms with Crippen molar-refractivity contribution in [2.45, 2.75) is 57.2 Å². The van der Waals surface area contributed by atoms with E-state index < -0.39 is 12.2 Å². The van der Waals surface area contributed by atoms with Gasteiger partial charge in [0, 0.05) is 35.8 Å². The summed E-state index contributed by atoms with van der Waals surface area (Å²) in [7, 11) is 3.24. The summed E-state index contributed by atoms with van der Waals surface area (Å²) < 4.78 is 10.8. The first-order valence-electron chi connectivity index (χ1n) is 12.7. The molecule has 2 aromatic carbocycles. The Bertz CT molecular complexity index is 996. The van der Waals surface area contributed by atoms with E-state index in [-0.39, 0.29) is 24.6 Å². The van der Waals surface area contributed by atoms with Crippen LogP contribution in [0, 0.1) is 0 Å². The van der Waals surface area contributed by atoms with Gasteiger partial charge in [-0.25, -0.2) is 4.79 Å². The highest BCUT2D eigenvalue weighted by Crippen LogP contribution is 2.30. The van der Waals surface area contributed by atoms with Crippen LogP contribution in [0.1, 0.15) is 66.6 Å². The minimum atomic E-state index is -0.510. The van der Waals surface area contributed by atoms with Gasteiger partial charge in [0.05, 0.1) is 13.7 Å². The Labute approximate surface area is 219 Å². The number of rotatable bonds is 11. The van der Waals surface area contributed by atoms with Crippen LogP contribution in [0.2, 0.25) is 5.02 Å². The van der Waals surface area contributed by atoms with Crippen molar-refractivity contribution in [3.05, 3.63) is 70.2 Å². The zero-order chi connectivity index (χ0) is 25.9. The molecule has 0 spiro atoms. The molecule has 0 radical (unpaired) electrons. The third kappa shape index (κ3) is 7.69. The molecule has 0 aromatic heterocycles. The quantitative estimate of drug-likeness (QED) is 0.403. The first-order valence-corrected chi connectivity index (χ1v) is 13.1. The summed E-state index contributed by atoms with van der Waals surface area (Å²) in [5, 5.41) is 6.46. The van der Waals surface area contributed by atoms with Crippen LogP contribution in [0.4, 0.5) is 4.79 Å². The fraction of sp³-hybridized carbons (Fsp3) is 0.500. The van der Waals surface area contributed by atoms with Gasteiger partial charge >= 0.3 is 6.09 Å². The molecule has 0 unspecified atom stereocenters. The Morgan fingerprint density at radius 1 is 1.08 bits per heavy atom. The highest BCUT2D eigenvalue weighted by molar-refractivity contribution is 6.30. The molecule has 3 rings (SSSR count). The molecule has 2 aromatic rings. The van der Waals surface area contributed by atoms with Crippen LogP contribution in [-0.2, 0) is 9.47 Å². The van der Waals surface area contributed by atoms with Crippen molar-refractivity contribution in [1.29, 1.82) is 0 Å². The van der Waals surface area contributed by atoms with Gasteiger partial charge in [0.25, 0.3) is 5.91 Å². The zero-order valence-electron chi connectivity index (χ0n) is 21.5. The molecule has 1 fully saturated rings. The Balaban J connectivity index is 1.87. The molecule has 2 amide bonds. The fourth-order valence-electron chi connectivity index (χ4n) is 4.92. The molecule has 2 N–H and O–H groups in total. The Kier molecular flexibility index (Phi) is 11.0. The van der Waals surface area contributed by atoms with Gasteiger partial charge in [-0.2, -0.15) is 0 Å². The Hall–Kier alpha value is -2.61. The number of carbonyl (C=O) groups excluding carboxylic acids is 2. The second kappa shape index (κ2) is 14.2. The van der Waals surface area contributed by atoms with Crippen molar-refractivity contribution in [2.75, 3.05) is 33.9 Å². The molecule has 0 aliphatic heterocycles. The highest BCUT2D eigenvalue weighted by Gasteiger charge is 2.30. The maximum atomic E-state index is 13.9. The maximum absolute atomic E-state index is 13.9. The molecule has 1 aliphatic carbocycles. The number of nitrogens with zero attached hydrogens (tertiary/aromatic N) is 1. The molecule has 0 heterocycles. The number of hydrogen-bond donors (Lipinski definition) is 2. The molecule has 2 atom stereocenters. The van der Waals surface area contributed by atoms with Gasteiger partial charge in [-0.1, -0.05) is 55.1 Å². The number of carbonyl (C=O) groups is 2. The highest BCUT2D eigenvalue weighted by atomic mass is 35.5. The molecule has 7 nitrogen and oxygen atoms in total. The smallest absolute Gasteiger partial charge is 0.406 e. The first-order chi connectivity index (χ1) is 17.4. The first kappa shape index (κ1) is 28.0. The van der Waals surface area contributed by atoms with E-state index in [1.165, 1.54) is 13.5 Å². The summed E-state index contributed by atoms with van der Waals surface area (Å²) in [6.45, 7) is 3.40. The summed E-state index contributed by atoms with van der Waals surface area (Å²) in [6.07, 6.45) is 4.67. The number of nitrogens with one attached hydrogen (secondary N) is 2. The number of methoxy groups -OCH3 is 1. The average molecular weight is 516 g/mol. The lowest BCUT2D eigenvalue weighted by Gasteiger charge is -2.39. The number of hydrogen-bond acceptors (Lipinski definition) is 5. The predicted octanol–water partition coefficient (Wildman–Crippen LogP) is 5.18. The van der Waals surface area contributed by atoms with Gasteiger partial charge in [0.2, 0.25) is 0 Å². The van der Waals surface area contributed by atoms with Crippen LogP contribution in [0.3, 0.4) is 0 Å². The fourth-order valence-corrected chi connectivity index (χ4v) is 5.12. The molecular formula is C28H38ClN3O4. The van der Waals surface area contributed by atoms with Crippen LogP contribution >= 0.6 is 11.6 Å². The number of benzene rings is 2. The van der Waals surface area contributed by atoms with Crippen molar-refractivity contribution >= 4 is 23.6 Å². The topological polar surface area (TPSA) is 79.9 Å². The number of amides is 2. The van der Waals surface area contributed by atoms with E-state index in [0.717, 1.165) is 43.4 Å². The van der Waals surface area contributed by atoms with Crippen LogP contribution in [0.25, 0.3) is 0 Å². The van der Waals surface area contributed by atoms with Crippen LogP contribution in [-0.4, -0.2) is 62.8 Å². The monoisotopic (exact) mass is 515 g/mol. The normalized spacial score (nSPS) is 15.7. The SMILES string of the molecule is CNC[C@H](C)N(C(=O)c1cccc([C@H](OCCNC(=O)OC)c2cccc(Cl)c2)c1)C1CCCCC1. The molecule has 8 heteroatoms. The van der Waals surface area contributed by atoms with Gasteiger partial charge in [-0.3, -0.25) is 4.79 Å². The lowest BCUT2D eigenvalue weighted by Crippen LogP contribution is -2.50. The van der Waals surface area contributed by atoms with Gasteiger partial charge in [-0.05, 0) is 62.2 Å². The minimum Gasteiger partial charge on any atom is -0.453 e. The van der Waals surface area contributed by atoms with Gasteiger partial charge in [0.1, 0.15) is 6.10 Å². The van der Waals surface area contributed by atoms with E-state index >= 15 is 0 Å². The lowest BCUT2D eigenvalue weighted by atomic mass is 9.92. The van der Waals surface area contributed by atoms with Gasteiger partial charge in [-0.15, -0.1) is 0 Å². The summed E-state index contributed by atoms with van der Waals surface area (Å²) in [5.74, 6) is 0.0451. The van der Waals surface area contributed by atoms with E-state index in [9.17, 15) is 9.59 Å². The summed E-state index contributed by atoms with van der Waals surface area (Å²) in [4.78, 5) is 27.3. The Morgan fingerprint density at radius 3 is 2.44 bits per heavy atom. The van der Waals surface area contributed by atoms with E-state index in [0.29, 0.717) is 17.1 Å². The van der Waals surface area contributed by atoms with Crippen molar-refractivity contribution in [1.82, 2.24) is 15.5 Å². The van der Waals surface area contributed by atoms with Crippen LogP contribution < -0.4 is 10.6 Å². The molecule has 196 valence electrons. The summed E-state index contributed by atoms with van der Waals surface area (Å²) in [6, 6.07) is 15.5. The number of alkyl carbamates (subject to hydrolysis) is 1. The Morgan fingerprint density at radius 2 is 1.78 bits per heavy atom. The third-order valence-corrected chi connectivity index (χ3v) is 6.84. The number of likely N-dealkylation sites (N-methyl/N-ethyl adjacent to an activating group) is 1. The van der Waals surface area contributed by atoms with Crippen LogP contribution in [0.15, 0.2) is 48.5 Å². The molecule has 1 aliphatic rings. The van der Waals surface area contributed by atoms with Crippen molar-refractivity contribution in [3.63, 3.8) is 0 Å². The third-order valence-electron chi connectivity index (χ3n) is 6.61. The van der Waals surface area contributed by atoms with E-state index in [2.05, 4.69) is 27.2 Å². The van der Waals surface area contributed by atoms with Crippen molar-refractivity contribution in [2.24, 2.45) is 0 Å².